The molecule has 0 radical (unpaired) electrons. The molecule has 8 heteroatoms. The Morgan fingerprint density at radius 3 is 2.65 bits per heavy atom. The Labute approximate surface area is 181 Å². The Bertz CT molecular complexity index is 1130. The van der Waals surface area contributed by atoms with Gasteiger partial charge in [0.1, 0.15) is 11.8 Å². The molecule has 2 aromatic carbocycles. The number of carbonyl (C=O) groups excluding carboxylic acids is 1. The molecule has 4 rings (SSSR count). The summed E-state index contributed by atoms with van der Waals surface area (Å²) in [5.41, 5.74) is 5.09. The molecule has 1 amide bonds. The van der Waals surface area contributed by atoms with Gasteiger partial charge in [-0.15, -0.1) is 0 Å². The zero-order valence-corrected chi connectivity index (χ0v) is 18.1. The van der Waals surface area contributed by atoms with Gasteiger partial charge in [0.05, 0.1) is 12.2 Å². The van der Waals surface area contributed by atoms with Crippen molar-refractivity contribution in [1.82, 2.24) is 20.2 Å². The van der Waals surface area contributed by atoms with Crippen molar-refractivity contribution in [3.8, 4) is 5.75 Å². The maximum atomic E-state index is 13.4. The minimum absolute atomic E-state index is 0.200. The van der Waals surface area contributed by atoms with E-state index in [0.29, 0.717) is 23.8 Å². The largest absolute Gasteiger partial charge is 0.494 e. The first-order valence-electron chi connectivity index (χ1n) is 10.3. The highest BCUT2D eigenvalue weighted by Crippen LogP contribution is 2.35. The average molecular weight is 419 g/mol. The lowest BCUT2D eigenvalue weighted by molar-refractivity contribution is -0.113. The second-order valence-corrected chi connectivity index (χ2v) is 7.70. The van der Waals surface area contributed by atoms with Gasteiger partial charge in [0.15, 0.2) is 0 Å². The van der Waals surface area contributed by atoms with Gasteiger partial charge < -0.3 is 15.4 Å². The summed E-state index contributed by atoms with van der Waals surface area (Å²) < 4.78 is 7.33. The Morgan fingerprint density at radius 2 is 1.94 bits per heavy atom. The lowest BCUT2D eigenvalue weighted by Gasteiger charge is -2.28. The highest BCUT2D eigenvalue weighted by Gasteiger charge is 2.34. The van der Waals surface area contributed by atoms with Crippen molar-refractivity contribution in [1.29, 1.82) is 0 Å². The first-order valence-corrected chi connectivity index (χ1v) is 10.3. The van der Waals surface area contributed by atoms with Crippen LogP contribution < -0.4 is 15.4 Å². The van der Waals surface area contributed by atoms with E-state index in [1.54, 1.807) is 4.68 Å². The number of ether oxygens (including phenoxy) is 1. The summed E-state index contributed by atoms with van der Waals surface area (Å²) in [6.07, 6.45) is 0.939. The molecule has 1 aromatic heterocycles. The zero-order valence-electron chi connectivity index (χ0n) is 18.1. The van der Waals surface area contributed by atoms with Gasteiger partial charge in [-0.2, -0.15) is 4.68 Å². The number of aryl methyl sites for hydroxylation is 2. The van der Waals surface area contributed by atoms with Crippen LogP contribution in [0.25, 0.3) is 0 Å². The van der Waals surface area contributed by atoms with Gasteiger partial charge in [-0.05, 0) is 66.9 Å². The molecule has 2 N–H and O–H groups in total. The number of hydrogen-bond donors (Lipinski definition) is 2. The third-order valence-corrected chi connectivity index (χ3v) is 5.26. The van der Waals surface area contributed by atoms with Crippen LogP contribution in [-0.4, -0.2) is 32.7 Å². The molecule has 0 aliphatic carbocycles. The molecule has 31 heavy (non-hydrogen) atoms. The van der Waals surface area contributed by atoms with Gasteiger partial charge in [-0.1, -0.05) is 41.9 Å². The van der Waals surface area contributed by atoms with Crippen LogP contribution in [0.3, 0.4) is 0 Å². The van der Waals surface area contributed by atoms with Crippen LogP contribution >= 0.6 is 0 Å². The van der Waals surface area contributed by atoms with E-state index in [2.05, 4.69) is 33.1 Å². The van der Waals surface area contributed by atoms with Crippen molar-refractivity contribution >= 4 is 17.5 Å². The van der Waals surface area contributed by atoms with Crippen LogP contribution in [0.1, 0.15) is 43.0 Å². The number of amides is 1. The molecular weight excluding hydrogens is 392 g/mol. The van der Waals surface area contributed by atoms with Crippen molar-refractivity contribution in [3.05, 3.63) is 70.4 Å². The molecule has 1 atom stereocenters. The first-order chi connectivity index (χ1) is 15.0. The predicted octanol–water partition coefficient (Wildman–Crippen LogP) is 4.01. The topological polar surface area (TPSA) is 94.0 Å². The SMILES string of the molecule is CCCOc1ccc(C2C(C(=O)Nc3ccc(C)cc3C)=C(C)Nc3nnnn32)cc1. The van der Waals surface area contributed by atoms with Crippen LogP contribution in [-0.2, 0) is 4.79 Å². The van der Waals surface area contributed by atoms with Crippen molar-refractivity contribution < 1.29 is 9.53 Å². The van der Waals surface area contributed by atoms with Gasteiger partial charge in [-0.3, -0.25) is 4.79 Å². The maximum Gasteiger partial charge on any atom is 0.255 e. The molecule has 1 aliphatic rings. The van der Waals surface area contributed by atoms with E-state index in [1.807, 2.05) is 63.2 Å². The van der Waals surface area contributed by atoms with E-state index in [9.17, 15) is 4.79 Å². The minimum atomic E-state index is -0.461. The zero-order chi connectivity index (χ0) is 22.0. The molecule has 0 spiro atoms. The highest BCUT2D eigenvalue weighted by atomic mass is 16.5. The molecule has 0 bridgehead atoms. The normalized spacial score (nSPS) is 15.3. The predicted molar refractivity (Wildman–Crippen MR) is 119 cm³/mol. The van der Waals surface area contributed by atoms with Crippen LogP contribution in [0.4, 0.5) is 11.6 Å². The summed E-state index contributed by atoms with van der Waals surface area (Å²) in [7, 11) is 0. The molecule has 2 heterocycles. The fourth-order valence-electron chi connectivity index (χ4n) is 3.72. The van der Waals surface area contributed by atoms with Crippen molar-refractivity contribution in [2.24, 2.45) is 0 Å². The second-order valence-electron chi connectivity index (χ2n) is 7.70. The fraction of sp³-hybridized carbons (Fsp3) is 0.304. The number of hydrogen-bond acceptors (Lipinski definition) is 6. The van der Waals surface area contributed by atoms with E-state index >= 15 is 0 Å². The highest BCUT2D eigenvalue weighted by molar-refractivity contribution is 6.06. The van der Waals surface area contributed by atoms with E-state index in [4.69, 9.17) is 4.74 Å². The van der Waals surface area contributed by atoms with Crippen LogP contribution in [0.2, 0.25) is 0 Å². The third-order valence-electron chi connectivity index (χ3n) is 5.26. The van der Waals surface area contributed by atoms with E-state index in [-0.39, 0.29) is 5.91 Å². The van der Waals surface area contributed by atoms with Crippen LogP contribution in [0, 0.1) is 13.8 Å². The quantitative estimate of drug-likeness (QED) is 0.628. The standard InChI is InChI=1S/C23H26N6O2/c1-5-12-31-18-9-7-17(8-10-18)21-20(16(4)24-23-26-27-28-29(21)23)22(30)25-19-11-6-14(2)13-15(19)3/h6-11,13,21H,5,12H2,1-4H3,(H,25,30)(H,24,26,28). The third kappa shape index (κ3) is 4.14. The van der Waals surface area contributed by atoms with Gasteiger partial charge in [0, 0.05) is 11.4 Å². The van der Waals surface area contributed by atoms with Gasteiger partial charge in [-0.25, -0.2) is 0 Å². The van der Waals surface area contributed by atoms with Gasteiger partial charge in [0.25, 0.3) is 5.91 Å². The Balaban J connectivity index is 1.69. The number of nitrogens with one attached hydrogen (secondary N) is 2. The van der Waals surface area contributed by atoms with E-state index < -0.39 is 6.04 Å². The summed E-state index contributed by atoms with van der Waals surface area (Å²) >= 11 is 0. The average Bonchev–Trinajstić information content (AvgIpc) is 3.21. The summed E-state index contributed by atoms with van der Waals surface area (Å²) in [6, 6.07) is 13.2. The maximum absolute atomic E-state index is 13.4. The number of rotatable bonds is 6. The van der Waals surface area contributed by atoms with Crippen molar-refractivity contribution in [2.75, 3.05) is 17.2 Å². The monoisotopic (exact) mass is 418 g/mol. The van der Waals surface area contributed by atoms with Crippen molar-refractivity contribution in [3.63, 3.8) is 0 Å². The first kappa shape index (κ1) is 20.6. The Morgan fingerprint density at radius 1 is 1.16 bits per heavy atom. The molecule has 0 saturated carbocycles. The number of anilines is 2. The molecule has 3 aromatic rings. The summed E-state index contributed by atoms with van der Waals surface area (Å²) in [4.78, 5) is 13.4. The molecule has 8 nitrogen and oxygen atoms in total. The molecule has 0 fully saturated rings. The van der Waals surface area contributed by atoms with Crippen LogP contribution in [0.5, 0.6) is 5.75 Å². The summed E-state index contributed by atoms with van der Waals surface area (Å²) in [5.74, 6) is 1.09. The number of carbonyl (C=O) groups is 1. The molecule has 0 saturated heterocycles. The number of nitrogens with zero attached hydrogens (tertiary/aromatic N) is 4. The van der Waals surface area contributed by atoms with E-state index in [1.165, 1.54) is 0 Å². The van der Waals surface area contributed by atoms with Gasteiger partial charge >= 0.3 is 0 Å². The van der Waals surface area contributed by atoms with Crippen molar-refractivity contribution in [2.45, 2.75) is 40.2 Å². The Kier molecular flexibility index (Phi) is 5.70. The molecular formula is C23H26N6O2. The smallest absolute Gasteiger partial charge is 0.255 e. The minimum Gasteiger partial charge on any atom is -0.494 e. The second kappa shape index (κ2) is 8.59. The number of aromatic nitrogens is 4. The fourth-order valence-corrected chi connectivity index (χ4v) is 3.72. The lowest BCUT2D eigenvalue weighted by atomic mass is 9.94. The molecule has 1 aliphatic heterocycles. The molecule has 160 valence electrons. The summed E-state index contributed by atoms with van der Waals surface area (Å²) in [6.45, 7) is 8.60. The number of benzene rings is 2. The lowest BCUT2D eigenvalue weighted by Crippen LogP contribution is -2.31. The number of fused-ring (bicyclic) bond motifs is 1. The van der Waals surface area contributed by atoms with E-state index in [0.717, 1.165) is 34.5 Å². The number of allylic oxidation sites excluding steroid dienone is 1. The Hall–Kier alpha value is -3.68. The van der Waals surface area contributed by atoms with Crippen LogP contribution in [0.15, 0.2) is 53.7 Å². The summed E-state index contributed by atoms with van der Waals surface area (Å²) in [5, 5.41) is 18.2. The number of tetrazole rings is 1. The van der Waals surface area contributed by atoms with Gasteiger partial charge in [0.2, 0.25) is 5.95 Å². The molecule has 1 unspecified atom stereocenters.